The predicted molar refractivity (Wildman–Crippen MR) is 105 cm³/mol. The van der Waals surface area contributed by atoms with Crippen molar-refractivity contribution in [1.29, 1.82) is 0 Å². The highest BCUT2D eigenvalue weighted by Crippen LogP contribution is 2.32. The standard InChI is InChI=1S/C21H27N3O3/c1-5-15-19(14(3)25)13(2)23-20(15)21(26)24-11-10-22-12-17(24)16-8-6-7-9-18(16)27-4/h6-9,17,22-23H,5,10-12H2,1-4H3. The maximum absolute atomic E-state index is 13.5. The first-order chi connectivity index (χ1) is 13.0. The number of aromatic nitrogens is 1. The minimum Gasteiger partial charge on any atom is -0.496 e. The molecule has 0 bridgehead atoms. The highest BCUT2D eigenvalue weighted by atomic mass is 16.5. The van der Waals surface area contributed by atoms with E-state index in [2.05, 4.69) is 10.3 Å². The largest absolute Gasteiger partial charge is 0.496 e. The van der Waals surface area contributed by atoms with Gasteiger partial charge in [-0.1, -0.05) is 25.1 Å². The molecule has 144 valence electrons. The van der Waals surface area contributed by atoms with Gasteiger partial charge in [0, 0.05) is 36.5 Å². The van der Waals surface area contributed by atoms with Gasteiger partial charge in [-0.05, 0) is 31.9 Å². The van der Waals surface area contributed by atoms with E-state index in [1.807, 2.05) is 43.0 Å². The number of hydrogen-bond acceptors (Lipinski definition) is 4. The summed E-state index contributed by atoms with van der Waals surface area (Å²) in [6.07, 6.45) is 0.631. The molecule has 1 aliphatic rings. The van der Waals surface area contributed by atoms with Gasteiger partial charge >= 0.3 is 0 Å². The zero-order valence-corrected chi connectivity index (χ0v) is 16.4. The molecule has 2 heterocycles. The van der Waals surface area contributed by atoms with Crippen LogP contribution in [0, 0.1) is 6.92 Å². The van der Waals surface area contributed by atoms with Crippen LogP contribution in [0.3, 0.4) is 0 Å². The first-order valence-corrected chi connectivity index (χ1v) is 9.36. The van der Waals surface area contributed by atoms with Gasteiger partial charge in [-0.15, -0.1) is 0 Å². The average Bonchev–Trinajstić information content (AvgIpc) is 3.03. The van der Waals surface area contributed by atoms with Crippen molar-refractivity contribution in [2.45, 2.75) is 33.2 Å². The number of amides is 1. The molecular weight excluding hydrogens is 342 g/mol. The fourth-order valence-corrected chi connectivity index (χ4v) is 4.00. The fraction of sp³-hybridized carbons (Fsp3) is 0.429. The lowest BCUT2D eigenvalue weighted by Gasteiger charge is -2.37. The number of hydrogen-bond donors (Lipinski definition) is 2. The van der Waals surface area contributed by atoms with Crippen LogP contribution >= 0.6 is 0 Å². The van der Waals surface area contributed by atoms with Crippen molar-refractivity contribution in [2.24, 2.45) is 0 Å². The minimum absolute atomic E-state index is 0.0127. The number of benzene rings is 1. The smallest absolute Gasteiger partial charge is 0.271 e. The van der Waals surface area contributed by atoms with Gasteiger partial charge in [-0.3, -0.25) is 9.59 Å². The first kappa shape index (κ1) is 19.2. The topological polar surface area (TPSA) is 74.4 Å². The monoisotopic (exact) mass is 369 g/mol. The quantitative estimate of drug-likeness (QED) is 0.795. The number of nitrogens with one attached hydrogen (secondary N) is 2. The Hall–Kier alpha value is -2.60. The molecule has 6 nitrogen and oxygen atoms in total. The van der Waals surface area contributed by atoms with Crippen LogP contribution in [0.25, 0.3) is 0 Å². The van der Waals surface area contributed by atoms with E-state index in [1.165, 1.54) is 0 Å². The number of methoxy groups -OCH3 is 1. The normalized spacial score (nSPS) is 17.0. The molecule has 1 unspecified atom stereocenters. The van der Waals surface area contributed by atoms with E-state index in [0.29, 0.717) is 30.8 Å². The maximum atomic E-state index is 13.5. The number of aromatic amines is 1. The van der Waals surface area contributed by atoms with Gasteiger partial charge in [-0.25, -0.2) is 0 Å². The van der Waals surface area contributed by atoms with Crippen molar-refractivity contribution < 1.29 is 14.3 Å². The number of ketones is 1. The lowest BCUT2D eigenvalue weighted by atomic mass is 9.99. The van der Waals surface area contributed by atoms with Crippen molar-refractivity contribution in [3.8, 4) is 5.75 Å². The number of aryl methyl sites for hydroxylation is 1. The summed E-state index contributed by atoms with van der Waals surface area (Å²) in [6.45, 7) is 7.36. The minimum atomic E-state index is -0.128. The van der Waals surface area contributed by atoms with Gasteiger partial charge in [0.25, 0.3) is 5.91 Å². The molecule has 27 heavy (non-hydrogen) atoms. The summed E-state index contributed by atoms with van der Waals surface area (Å²) < 4.78 is 5.51. The van der Waals surface area contributed by atoms with Crippen molar-refractivity contribution in [2.75, 3.05) is 26.7 Å². The summed E-state index contributed by atoms with van der Waals surface area (Å²) in [6, 6.07) is 7.67. The first-order valence-electron chi connectivity index (χ1n) is 9.36. The van der Waals surface area contributed by atoms with E-state index in [-0.39, 0.29) is 17.7 Å². The van der Waals surface area contributed by atoms with Crippen molar-refractivity contribution in [3.63, 3.8) is 0 Å². The van der Waals surface area contributed by atoms with Gasteiger partial charge in [-0.2, -0.15) is 0 Å². The molecule has 3 rings (SSSR count). The Morgan fingerprint density at radius 2 is 2.04 bits per heavy atom. The molecular formula is C21H27N3O3. The number of para-hydroxylation sites is 1. The molecule has 1 aliphatic heterocycles. The highest BCUT2D eigenvalue weighted by molar-refractivity contribution is 6.02. The van der Waals surface area contributed by atoms with Crippen LogP contribution in [-0.4, -0.2) is 48.3 Å². The Morgan fingerprint density at radius 3 is 2.70 bits per heavy atom. The second kappa shape index (κ2) is 7.96. The van der Waals surface area contributed by atoms with E-state index < -0.39 is 0 Å². The van der Waals surface area contributed by atoms with E-state index in [1.54, 1.807) is 14.0 Å². The highest BCUT2D eigenvalue weighted by Gasteiger charge is 2.33. The molecule has 1 atom stereocenters. The molecule has 1 fully saturated rings. The molecule has 1 aromatic carbocycles. The predicted octanol–water partition coefficient (Wildman–Crippen LogP) is 2.88. The number of ether oxygens (including phenoxy) is 1. The molecule has 1 amide bonds. The van der Waals surface area contributed by atoms with E-state index in [0.717, 1.165) is 29.1 Å². The number of Topliss-reactive ketones (excluding diaryl/α,β-unsaturated/α-hetero) is 1. The number of rotatable bonds is 5. The Morgan fingerprint density at radius 1 is 1.30 bits per heavy atom. The van der Waals surface area contributed by atoms with E-state index in [9.17, 15) is 9.59 Å². The van der Waals surface area contributed by atoms with Crippen LogP contribution in [0.4, 0.5) is 0 Å². The van der Waals surface area contributed by atoms with Crippen LogP contribution in [0.1, 0.15) is 57.6 Å². The summed E-state index contributed by atoms with van der Waals surface area (Å²) in [5.74, 6) is 0.688. The maximum Gasteiger partial charge on any atom is 0.271 e. The third-order valence-electron chi connectivity index (χ3n) is 5.21. The second-order valence-electron chi connectivity index (χ2n) is 6.85. The van der Waals surface area contributed by atoms with Gasteiger partial charge in [0.05, 0.1) is 13.2 Å². The Bertz CT molecular complexity index is 856. The van der Waals surface area contributed by atoms with Crippen LogP contribution in [0.5, 0.6) is 5.75 Å². The summed E-state index contributed by atoms with van der Waals surface area (Å²) in [5.41, 5.74) is 3.72. The summed E-state index contributed by atoms with van der Waals surface area (Å²) in [4.78, 5) is 30.6. The molecule has 2 N–H and O–H groups in total. The van der Waals surface area contributed by atoms with Crippen LogP contribution in [0.15, 0.2) is 24.3 Å². The average molecular weight is 369 g/mol. The van der Waals surface area contributed by atoms with Crippen molar-refractivity contribution >= 4 is 11.7 Å². The van der Waals surface area contributed by atoms with Crippen LogP contribution in [0.2, 0.25) is 0 Å². The number of H-pyrrole nitrogens is 1. The van der Waals surface area contributed by atoms with E-state index in [4.69, 9.17) is 4.74 Å². The molecule has 6 heteroatoms. The third kappa shape index (κ3) is 3.49. The molecule has 2 aromatic rings. The van der Waals surface area contributed by atoms with Gasteiger partial charge in [0.1, 0.15) is 11.4 Å². The lowest BCUT2D eigenvalue weighted by molar-refractivity contribution is 0.0625. The lowest BCUT2D eigenvalue weighted by Crippen LogP contribution is -2.49. The molecule has 0 spiro atoms. The summed E-state index contributed by atoms with van der Waals surface area (Å²) in [5, 5.41) is 3.37. The van der Waals surface area contributed by atoms with E-state index >= 15 is 0 Å². The Kier molecular flexibility index (Phi) is 5.65. The molecule has 0 aliphatic carbocycles. The number of piperazine rings is 1. The molecule has 0 radical (unpaired) electrons. The zero-order chi connectivity index (χ0) is 19.6. The Balaban J connectivity index is 2.02. The second-order valence-corrected chi connectivity index (χ2v) is 6.85. The van der Waals surface area contributed by atoms with Gasteiger partial charge in [0.2, 0.25) is 0 Å². The third-order valence-corrected chi connectivity index (χ3v) is 5.21. The number of nitrogens with zero attached hydrogens (tertiary/aromatic N) is 1. The molecule has 0 saturated carbocycles. The fourth-order valence-electron chi connectivity index (χ4n) is 4.00. The summed E-state index contributed by atoms with van der Waals surface area (Å²) >= 11 is 0. The van der Waals surface area contributed by atoms with Gasteiger partial charge in [0.15, 0.2) is 5.78 Å². The molecule has 1 aromatic heterocycles. The van der Waals surface area contributed by atoms with Crippen molar-refractivity contribution in [3.05, 3.63) is 52.3 Å². The number of carbonyl (C=O) groups excluding carboxylic acids is 2. The summed E-state index contributed by atoms with van der Waals surface area (Å²) in [7, 11) is 1.64. The SMILES string of the molecule is CCc1c(C(=O)N2CCNCC2c2ccccc2OC)[nH]c(C)c1C(C)=O. The zero-order valence-electron chi connectivity index (χ0n) is 16.4. The van der Waals surface area contributed by atoms with Crippen LogP contribution in [-0.2, 0) is 6.42 Å². The van der Waals surface area contributed by atoms with Crippen molar-refractivity contribution in [1.82, 2.24) is 15.2 Å². The van der Waals surface area contributed by atoms with Crippen LogP contribution < -0.4 is 10.1 Å². The molecule has 1 saturated heterocycles. The van der Waals surface area contributed by atoms with Gasteiger partial charge < -0.3 is 19.9 Å². The Labute approximate surface area is 159 Å². The number of carbonyl (C=O) groups is 2.